The molecular weight excluding hydrogens is 342 g/mol. The maximum atomic E-state index is 4.22. The average molecular weight is 358 g/mol. The fraction of sp³-hybridized carbons (Fsp3) is 0.308. The lowest BCUT2D eigenvalue weighted by Gasteiger charge is -2.10. The molecule has 0 unspecified atom stereocenters. The van der Waals surface area contributed by atoms with E-state index < -0.39 is 0 Å². The summed E-state index contributed by atoms with van der Waals surface area (Å²) in [7, 11) is 1.80. The predicted molar refractivity (Wildman–Crippen MR) is 88.2 cm³/mol. The molecule has 0 fully saturated rings. The van der Waals surface area contributed by atoms with E-state index in [1.54, 1.807) is 29.7 Å². The minimum absolute atomic E-state index is 0.792. The van der Waals surface area contributed by atoms with Gasteiger partial charge in [-0.15, -0.1) is 22.7 Å². The lowest BCUT2D eigenvalue weighted by Crippen LogP contribution is -2.37. The van der Waals surface area contributed by atoms with Crippen LogP contribution >= 0.6 is 38.6 Å². The Hall–Kier alpha value is -0.850. The molecule has 0 bridgehead atoms. The van der Waals surface area contributed by atoms with Crippen molar-refractivity contribution in [2.24, 2.45) is 4.99 Å². The number of nitrogens with one attached hydrogen (secondary N) is 2. The predicted octanol–water partition coefficient (Wildman–Crippen LogP) is 3.48. The van der Waals surface area contributed by atoms with Gasteiger partial charge in [0.05, 0.1) is 3.79 Å². The molecule has 0 atom stereocenters. The quantitative estimate of drug-likeness (QED) is 0.634. The number of thiophene rings is 2. The number of rotatable bonds is 5. The SMILES string of the molecule is CN=C(NCCc1cccs1)NCc1csc(Br)c1. The topological polar surface area (TPSA) is 36.4 Å². The third-order valence-corrected chi connectivity index (χ3v) is 5.04. The summed E-state index contributed by atoms with van der Waals surface area (Å²) in [5.41, 5.74) is 1.26. The van der Waals surface area contributed by atoms with Gasteiger partial charge in [-0.2, -0.15) is 0 Å². The fourth-order valence-electron chi connectivity index (χ4n) is 1.60. The van der Waals surface area contributed by atoms with Crippen LogP contribution in [0.5, 0.6) is 0 Å². The zero-order chi connectivity index (χ0) is 13.5. The fourth-order valence-corrected chi connectivity index (χ4v) is 3.52. The van der Waals surface area contributed by atoms with Gasteiger partial charge in [0.2, 0.25) is 0 Å². The summed E-state index contributed by atoms with van der Waals surface area (Å²) in [6, 6.07) is 6.36. The third kappa shape index (κ3) is 4.97. The maximum Gasteiger partial charge on any atom is 0.191 e. The molecule has 0 aliphatic carbocycles. The maximum absolute atomic E-state index is 4.22. The standard InChI is InChI=1S/C13H16BrN3S2/c1-15-13(16-5-4-11-3-2-6-18-11)17-8-10-7-12(14)19-9-10/h2-3,6-7,9H,4-5,8H2,1H3,(H2,15,16,17). The molecule has 6 heteroatoms. The van der Waals surface area contributed by atoms with Gasteiger partial charge in [-0.05, 0) is 50.8 Å². The Kier molecular flexibility index (Phi) is 5.88. The van der Waals surface area contributed by atoms with Crippen LogP contribution in [0, 0.1) is 0 Å². The number of nitrogens with zero attached hydrogens (tertiary/aromatic N) is 1. The summed E-state index contributed by atoms with van der Waals surface area (Å²) in [6.45, 7) is 1.69. The van der Waals surface area contributed by atoms with Crippen molar-refractivity contribution in [1.82, 2.24) is 10.6 Å². The van der Waals surface area contributed by atoms with Crippen molar-refractivity contribution in [1.29, 1.82) is 0 Å². The molecular formula is C13H16BrN3S2. The third-order valence-electron chi connectivity index (χ3n) is 2.55. The first-order valence-corrected chi connectivity index (χ1v) is 8.53. The molecule has 0 saturated carbocycles. The van der Waals surface area contributed by atoms with E-state index in [9.17, 15) is 0 Å². The van der Waals surface area contributed by atoms with Crippen LogP contribution in [-0.2, 0) is 13.0 Å². The van der Waals surface area contributed by atoms with Crippen LogP contribution in [0.2, 0.25) is 0 Å². The van der Waals surface area contributed by atoms with Gasteiger partial charge in [-0.1, -0.05) is 6.07 Å². The highest BCUT2D eigenvalue weighted by Gasteiger charge is 2.00. The van der Waals surface area contributed by atoms with Gasteiger partial charge in [0.25, 0.3) is 0 Å². The molecule has 0 amide bonds. The summed E-state index contributed by atoms with van der Waals surface area (Å²) in [5.74, 6) is 0.846. The van der Waals surface area contributed by atoms with Crippen LogP contribution in [0.25, 0.3) is 0 Å². The highest BCUT2D eigenvalue weighted by atomic mass is 79.9. The Morgan fingerprint density at radius 1 is 1.37 bits per heavy atom. The van der Waals surface area contributed by atoms with Gasteiger partial charge in [-0.25, -0.2) is 0 Å². The monoisotopic (exact) mass is 357 g/mol. The van der Waals surface area contributed by atoms with Crippen molar-refractivity contribution in [2.75, 3.05) is 13.6 Å². The molecule has 2 heterocycles. The van der Waals surface area contributed by atoms with Crippen molar-refractivity contribution in [3.8, 4) is 0 Å². The zero-order valence-electron chi connectivity index (χ0n) is 10.6. The van der Waals surface area contributed by atoms with E-state index in [-0.39, 0.29) is 0 Å². The Balaban J connectivity index is 1.71. The average Bonchev–Trinajstić information content (AvgIpc) is 3.05. The number of hydrogen-bond acceptors (Lipinski definition) is 3. The second-order valence-electron chi connectivity index (χ2n) is 3.94. The number of hydrogen-bond donors (Lipinski definition) is 2. The molecule has 3 nitrogen and oxygen atoms in total. The first-order chi connectivity index (χ1) is 9.28. The Bertz CT molecular complexity index is 520. The van der Waals surface area contributed by atoms with Crippen molar-refractivity contribution >= 4 is 44.6 Å². The van der Waals surface area contributed by atoms with E-state index in [4.69, 9.17) is 0 Å². The molecule has 2 aromatic heterocycles. The first-order valence-electron chi connectivity index (χ1n) is 5.98. The Labute approximate surface area is 129 Å². The molecule has 0 radical (unpaired) electrons. The van der Waals surface area contributed by atoms with Crippen molar-refractivity contribution in [3.63, 3.8) is 0 Å². The second-order valence-corrected chi connectivity index (χ2v) is 7.26. The summed E-state index contributed by atoms with van der Waals surface area (Å²) < 4.78 is 1.16. The minimum Gasteiger partial charge on any atom is -0.356 e. The minimum atomic E-state index is 0.792. The molecule has 102 valence electrons. The van der Waals surface area contributed by atoms with Gasteiger partial charge in [-0.3, -0.25) is 4.99 Å². The molecule has 0 spiro atoms. The van der Waals surface area contributed by atoms with Gasteiger partial charge >= 0.3 is 0 Å². The van der Waals surface area contributed by atoms with Crippen LogP contribution in [0.15, 0.2) is 37.7 Å². The summed E-state index contributed by atoms with van der Waals surface area (Å²) in [4.78, 5) is 5.61. The first kappa shape index (κ1) is 14.6. The van der Waals surface area contributed by atoms with Crippen LogP contribution in [0.1, 0.15) is 10.4 Å². The van der Waals surface area contributed by atoms with Crippen LogP contribution in [0.3, 0.4) is 0 Å². The summed E-state index contributed by atoms with van der Waals surface area (Å²) >= 11 is 6.95. The van der Waals surface area contributed by atoms with Crippen molar-refractivity contribution in [3.05, 3.63) is 43.2 Å². The smallest absolute Gasteiger partial charge is 0.191 e. The normalized spacial score (nSPS) is 11.6. The van der Waals surface area contributed by atoms with Crippen LogP contribution in [0.4, 0.5) is 0 Å². The lowest BCUT2D eigenvalue weighted by molar-refractivity contribution is 0.800. The summed E-state index contributed by atoms with van der Waals surface area (Å²) in [6.07, 6.45) is 1.03. The van der Waals surface area contributed by atoms with Crippen molar-refractivity contribution < 1.29 is 0 Å². The van der Waals surface area contributed by atoms with Gasteiger partial charge in [0.15, 0.2) is 5.96 Å². The molecule has 2 N–H and O–H groups in total. The van der Waals surface area contributed by atoms with E-state index in [0.717, 1.165) is 29.3 Å². The molecule has 0 aliphatic heterocycles. The van der Waals surface area contributed by atoms with Gasteiger partial charge in [0.1, 0.15) is 0 Å². The molecule has 0 saturated heterocycles. The number of halogens is 1. The largest absolute Gasteiger partial charge is 0.356 e. The zero-order valence-corrected chi connectivity index (χ0v) is 13.9. The van der Waals surface area contributed by atoms with E-state index in [1.807, 2.05) is 0 Å². The van der Waals surface area contributed by atoms with E-state index in [1.165, 1.54) is 10.4 Å². The summed E-state index contributed by atoms with van der Waals surface area (Å²) in [5, 5.41) is 10.9. The highest BCUT2D eigenvalue weighted by molar-refractivity contribution is 9.11. The Morgan fingerprint density at radius 2 is 2.26 bits per heavy atom. The number of aliphatic imine (C=N–C) groups is 1. The Morgan fingerprint density at radius 3 is 2.89 bits per heavy atom. The molecule has 19 heavy (non-hydrogen) atoms. The van der Waals surface area contributed by atoms with Crippen molar-refractivity contribution in [2.45, 2.75) is 13.0 Å². The van der Waals surface area contributed by atoms with E-state index in [2.05, 4.69) is 60.5 Å². The van der Waals surface area contributed by atoms with Gasteiger partial charge < -0.3 is 10.6 Å². The number of guanidine groups is 1. The van der Waals surface area contributed by atoms with Crippen LogP contribution < -0.4 is 10.6 Å². The second kappa shape index (κ2) is 7.67. The molecule has 2 rings (SSSR count). The van der Waals surface area contributed by atoms with Crippen LogP contribution in [-0.4, -0.2) is 19.6 Å². The van der Waals surface area contributed by atoms with E-state index >= 15 is 0 Å². The van der Waals surface area contributed by atoms with Gasteiger partial charge in [0, 0.05) is 25.0 Å². The molecule has 0 aliphatic rings. The molecule has 2 aromatic rings. The highest BCUT2D eigenvalue weighted by Crippen LogP contribution is 2.20. The van der Waals surface area contributed by atoms with E-state index in [0.29, 0.717) is 0 Å². The molecule has 0 aromatic carbocycles. The lowest BCUT2D eigenvalue weighted by atomic mass is 10.3.